The first kappa shape index (κ1) is 18.2. The summed E-state index contributed by atoms with van der Waals surface area (Å²) in [6, 6.07) is 18.9. The number of aromatic nitrogens is 2. The number of carbonyl (C=O) groups is 1. The lowest BCUT2D eigenvalue weighted by Gasteiger charge is -2.12. The van der Waals surface area contributed by atoms with E-state index < -0.39 is 0 Å². The van der Waals surface area contributed by atoms with Crippen molar-refractivity contribution in [3.8, 4) is 16.9 Å². The van der Waals surface area contributed by atoms with Crippen molar-refractivity contribution in [2.24, 2.45) is 0 Å². The van der Waals surface area contributed by atoms with Crippen molar-refractivity contribution in [3.05, 3.63) is 71.4 Å². The summed E-state index contributed by atoms with van der Waals surface area (Å²) in [5.41, 5.74) is 2.80. The number of amides is 1. The second-order valence-electron chi connectivity index (χ2n) is 6.20. The Hall–Kier alpha value is -2.63. The molecule has 3 rings (SSSR count). The molecule has 0 saturated carbocycles. The highest BCUT2D eigenvalue weighted by Crippen LogP contribution is 2.25. The maximum Gasteiger partial charge on any atom is 0.270 e. The molecule has 5 nitrogen and oxygen atoms in total. The highest BCUT2D eigenvalue weighted by atomic mass is 35.5. The summed E-state index contributed by atoms with van der Waals surface area (Å²) >= 11 is 6.34. The van der Waals surface area contributed by atoms with Gasteiger partial charge >= 0.3 is 0 Å². The van der Waals surface area contributed by atoms with Crippen LogP contribution >= 0.6 is 11.6 Å². The molecule has 0 fully saturated rings. The number of nitrogens with one attached hydrogen (secondary N) is 1. The lowest BCUT2D eigenvalue weighted by molar-refractivity contribution is 0.0943. The van der Waals surface area contributed by atoms with Crippen molar-refractivity contribution in [3.63, 3.8) is 0 Å². The summed E-state index contributed by atoms with van der Waals surface area (Å²) < 4.78 is 1.61. The van der Waals surface area contributed by atoms with Crippen LogP contribution in [0.5, 0.6) is 0 Å². The monoisotopic (exact) mass is 368 g/mol. The highest BCUT2D eigenvalue weighted by molar-refractivity contribution is 6.32. The second kappa shape index (κ2) is 8.17. The first-order valence-corrected chi connectivity index (χ1v) is 8.77. The van der Waals surface area contributed by atoms with Gasteiger partial charge in [0.1, 0.15) is 5.69 Å². The number of nitrogens with zero attached hydrogens (tertiary/aromatic N) is 3. The summed E-state index contributed by atoms with van der Waals surface area (Å²) in [6.07, 6.45) is 0. The van der Waals surface area contributed by atoms with Crippen molar-refractivity contribution in [2.45, 2.75) is 0 Å². The normalized spacial score (nSPS) is 10.9. The van der Waals surface area contributed by atoms with E-state index in [-0.39, 0.29) is 5.91 Å². The fraction of sp³-hybridized carbons (Fsp3) is 0.200. The molecule has 0 saturated heterocycles. The first-order valence-electron chi connectivity index (χ1n) is 8.39. The van der Waals surface area contributed by atoms with Gasteiger partial charge in [0, 0.05) is 18.7 Å². The van der Waals surface area contributed by atoms with E-state index in [4.69, 9.17) is 11.6 Å². The predicted molar refractivity (Wildman–Crippen MR) is 105 cm³/mol. The van der Waals surface area contributed by atoms with E-state index in [1.807, 2.05) is 67.5 Å². The summed E-state index contributed by atoms with van der Waals surface area (Å²) in [5.74, 6) is -0.179. The molecule has 3 aromatic rings. The van der Waals surface area contributed by atoms with Crippen LogP contribution in [0.2, 0.25) is 5.02 Å². The summed E-state index contributed by atoms with van der Waals surface area (Å²) in [6.45, 7) is 1.32. The van der Waals surface area contributed by atoms with Gasteiger partial charge in [-0.1, -0.05) is 54.1 Å². The lowest BCUT2D eigenvalue weighted by Crippen LogP contribution is -2.32. The zero-order valence-corrected chi connectivity index (χ0v) is 15.6. The van der Waals surface area contributed by atoms with Gasteiger partial charge in [0.25, 0.3) is 5.91 Å². The van der Waals surface area contributed by atoms with Gasteiger partial charge in [0.05, 0.1) is 16.4 Å². The summed E-state index contributed by atoms with van der Waals surface area (Å²) in [7, 11) is 3.93. The standard InChI is InChI=1S/C20H21ClN4O/c1-24(2)13-12-22-20(26)19-14-17(15-8-4-3-5-9-15)23-25(19)18-11-7-6-10-16(18)21/h3-11,14H,12-13H2,1-2H3,(H,22,26). The molecule has 0 bridgehead atoms. The van der Waals surface area contributed by atoms with Gasteiger partial charge in [-0.05, 0) is 32.3 Å². The molecule has 0 atom stereocenters. The predicted octanol–water partition coefficient (Wildman–Crippen LogP) is 3.48. The van der Waals surface area contributed by atoms with Crippen LogP contribution in [0, 0.1) is 0 Å². The second-order valence-corrected chi connectivity index (χ2v) is 6.61. The average molecular weight is 369 g/mol. The number of para-hydroxylation sites is 1. The largest absolute Gasteiger partial charge is 0.349 e. The van der Waals surface area contributed by atoms with Gasteiger partial charge < -0.3 is 10.2 Å². The molecule has 0 spiro atoms. The number of hydrogen-bond acceptors (Lipinski definition) is 3. The Balaban J connectivity index is 2.00. The van der Waals surface area contributed by atoms with Gasteiger partial charge in [-0.25, -0.2) is 4.68 Å². The van der Waals surface area contributed by atoms with Crippen LogP contribution < -0.4 is 5.32 Å². The third-order valence-corrected chi connectivity index (χ3v) is 4.26. The SMILES string of the molecule is CN(C)CCNC(=O)c1cc(-c2ccccc2)nn1-c1ccccc1Cl. The molecule has 1 amide bonds. The third kappa shape index (κ3) is 4.12. The molecule has 0 unspecified atom stereocenters. The van der Waals surface area contributed by atoms with E-state index in [1.165, 1.54) is 0 Å². The van der Waals surface area contributed by atoms with E-state index in [2.05, 4.69) is 10.4 Å². The minimum Gasteiger partial charge on any atom is -0.349 e. The molecule has 0 radical (unpaired) electrons. The Bertz CT molecular complexity index is 890. The quantitative estimate of drug-likeness (QED) is 0.724. The molecule has 6 heteroatoms. The maximum atomic E-state index is 12.7. The maximum absolute atomic E-state index is 12.7. The van der Waals surface area contributed by atoms with Crippen molar-refractivity contribution in [1.29, 1.82) is 0 Å². The zero-order valence-electron chi connectivity index (χ0n) is 14.8. The smallest absolute Gasteiger partial charge is 0.270 e. The molecule has 134 valence electrons. The number of benzene rings is 2. The van der Waals surface area contributed by atoms with Crippen LogP contribution in [-0.4, -0.2) is 47.8 Å². The van der Waals surface area contributed by atoms with E-state index in [9.17, 15) is 4.79 Å². The zero-order chi connectivity index (χ0) is 18.5. The van der Waals surface area contributed by atoms with Crippen molar-refractivity contribution < 1.29 is 4.79 Å². The molecule has 0 aliphatic rings. The number of hydrogen-bond donors (Lipinski definition) is 1. The number of carbonyl (C=O) groups excluding carboxylic acids is 1. The van der Waals surface area contributed by atoms with E-state index >= 15 is 0 Å². The minimum absolute atomic E-state index is 0.179. The first-order chi connectivity index (χ1) is 12.6. The van der Waals surface area contributed by atoms with Crippen LogP contribution in [0.1, 0.15) is 10.5 Å². The highest BCUT2D eigenvalue weighted by Gasteiger charge is 2.18. The molecule has 0 aliphatic carbocycles. The van der Waals surface area contributed by atoms with E-state index in [0.717, 1.165) is 17.8 Å². The number of halogens is 1. The molecule has 2 aromatic carbocycles. The topological polar surface area (TPSA) is 50.2 Å². The van der Waals surface area contributed by atoms with Crippen LogP contribution in [0.4, 0.5) is 0 Å². The molecule has 1 aromatic heterocycles. The Labute approximate surface area is 158 Å². The van der Waals surface area contributed by atoms with Crippen molar-refractivity contribution >= 4 is 17.5 Å². The third-order valence-electron chi connectivity index (χ3n) is 3.94. The number of likely N-dealkylation sites (N-methyl/N-ethyl adjacent to an activating group) is 1. The lowest BCUT2D eigenvalue weighted by atomic mass is 10.1. The minimum atomic E-state index is -0.179. The number of rotatable bonds is 6. The van der Waals surface area contributed by atoms with Crippen LogP contribution in [-0.2, 0) is 0 Å². The molecule has 0 aliphatic heterocycles. The van der Waals surface area contributed by atoms with Gasteiger partial charge in [-0.3, -0.25) is 4.79 Å². The molecule has 26 heavy (non-hydrogen) atoms. The van der Waals surface area contributed by atoms with E-state index in [1.54, 1.807) is 16.8 Å². The fourth-order valence-electron chi connectivity index (χ4n) is 2.58. The molecular formula is C20H21ClN4O. The average Bonchev–Trinajstić information content (AvgIpc) is 3.08. The van der Waals surface area contributed by atoms with Gasteiger partial charge in [0.15, 0.2) is 0 Å². The Morgan fingerprint density at radius 3 is 2.50 bits per heavy atom. The summed E-state index contributed by atoms with van der Waals surface area (Å²) in [4.78, 5) is 14.8. The molecular weight excluding hydrogens is 348 g/mol. The molecule has 1 heterocycles. The van der Waals surface area contributed by atoms with Crippen LogP contribution in [0.25, 0.3) is 16.9 Å². The molecule has 1 N–H and O–H groups in total. The van der Waals surface area contributed by atoms with Gasteiger partial charge in [-0.15, -0.1) is 0 Å². The van der Waals surface area contributed by atoms with Crippen molar-refractivity contribution in [2.75, 3.05) is 27.2 Å². The van der Waals surface area contributed by atoms with Gasteiger partial charge in [0.2, 0.25) is 0 Å². The van der Waals surface area contributed by atoms with Gasteiger partial charge in [-0.2, -0.15) is 5.10 Å². The summed E-state index contributed by atoms with van der Waals surface area (Å²) in [5, 5.41) is 8.12. The van der Waals surface area contributed by atoms with Crippen molar-refractivity contribution in [1.82, 2.24) is 20.0 Å². The fourth-order valence-corrected chi connectivity index (χ4v) is 2.80. The van der Waals surface area contributed by atoms with Crippen LogP contribution in [0.15, 0.2) is 60.7 Å². The van der Waals surface area contributed by atoms with E-state index in [0.29, 0.717) is 22.9 Å². The Kier molecular flexibility index (Phi) is 5.71. The Morgan fingerprint density at radius 1 is 1.12 bits per heavy atom. The Morgan fingerprint density at radius 2 is 1.81 bits per heavy atom. The van der Waals surface area contributed by atoms with Crippen LogP contribution in [0.3, 0.4) is 0 Å².